The Morgan fingerprint density at radius 3 is 2.32 bits per heavy atom. The minimum atomic E-state index is -3.92. The quantitative estimate of drug-likeness (QED) is 0.797. The van der Waals surface area contributed by atoms with Crippen LogP contribution in [-0.4, -0.2) is 22.4 Å². The first-order chi connectivity index (χ1) is 8.15. The van der Waals surface area contributed by atoms with Crippen LogP contribution in [0.25, 0.3) is 0 Å². The molecule has 0 saturated carbocycles. The molecule has 0 amide bonds. The fourth-order valence-corrected chi connectivity index (χ4v) is 1.53. The van der Waals surface area contributed by atoms with Crippen LogP contribution < -0.4 is 5.73 Å². The Morgan fingerprint density at radius 1 is 1.37 bits per heavy atom. The third-order valence-corrected chi connectivity index (χ3v) is 2.84. The molecule has 0 saturated heterocycles. The predicted molar refractivity (Wildman–Crippen MR) is 67.9 cm³/mol. The fourth-order valence-electron chi connectivity index (χ4n) is 1.53. The highest BCUT2D eigenvalue weighted by molar-refractivity contribution is 5.85. The Kier molecular flexibility index (Phi) is 5.83. The molecule has 1 aromatic rings. The summed E-state index contributed by atoms with van der Waals surface area (Å²) < 4.78 is 41.8. The summed E-state index contributed by atoms with van der Waals surface area (Å²) in [4.78, 5) is 0. The third-order valence-electron chi connectivity index (χ3n) is 2.84. The average Bonchev–Trinajstić information content (AvgIpc) is 2.28. The zero-order valence-electron chi connectivity index (χ0n) is 10.5. The monoisotopic (exact) mass is 299 g/mol. The molecule has 0 aliphatic carbocycles. The Balaban J connectivity index is 0.00000324. The van der Waals surface area contributed by atoms with Crippen LogP contribution in [0.3, 0.4) is 0 Å². The van der Waals surface area contributed by atoms with E-state index in [-0.39, 0.29) is 18.0 Å². The Hall–Kier alpha value is -0.820. The number of rotatable bonds is 4. The van der Waals surface area contributed by atoms with Gasteiger partial charge in [-0.1, -0.05) is 12.1 Å². The molecule has 2 atom stereocenters. The van der Waals surface area contributed by atoms with Crippen LogP contribution in [0, 0.1) is 5.82 Å². The van der Waals surface area contributed by atoms with Gasteiger partial charge in [0.1, 0.15) is 5.82 Å². The van der Waals surface area contributed by atoms with Crippen LogP contribution in [0.1, 0.15) is 31.0 Å². The second-order valence-electron chi connectivity index (χ2n) is 4.50. The highest BCUT2D eigenvalue weighted by Gasteiger charge is 2.51. The molecule has 110 valence electrons. The Bertz CT molecular complexity index is 439. The van der Waals surface area contributed by atoms with Gasteiger partial charge in [-0.15, -0.1) is 12.4 Å². The first kappa shape index (κ1) is 18.2. The molecule has 0 spiro atoms. The van der Waals surface area contributed by atoms with Crippen molar-refractivity contribution >= 4 is 12.4 Å². The minimum absolute atomic E-state index is 0. The molecule has 0 heterocycles. The lowest BCUT2D eigenvalue weighted by Gasteiger charge is -2.31. The van der Waals surface area contributed by atoms with Crippen molar-refractivity contribution < 1.29 is 23.4 Å². The lowest BCUT2D eigenvalue weighted by molar-refractivity contribution is -0.197. The molecule has 3 nitrogen and oxygen atoms in total. The molecular weight excluding hydrogens is 283 g/mol. The van der Waals surface area contributed by atoms with Gasteiger partial charge in [-0.25, -0.2) is 4.39 Å². The van der Waals surface area contributed by atoms with Crippen molar-refractivity contribution in [1.82, 2.24) is 0 Å². The summed E-state index contributed by atoms with van der Waals surface area (Å²) in [5, 5.41) is 18.2. The van der Waals surface area contributed by atoms with Gasteiger partial charge in [0.25, 0.3) is 0 Å². The van der Waals surface area contributed by atoms with Gasteiger partial charge in [-0.05, 0) is 19.9 Å². The summed E-state index contributed by atoms with van der Waals surface area (Å²) in [7, 11) is 0. The summed E-state index contributed by atoms with van der Waals surface area (Å²) >= 11 is 0. The largest absolute Gasteiger partial charge is 0.393 e. The molecule has 2 unspecified atom stereocenters. The molecular formula is C12H17ClF3NO2. The van der Waals surface area contributed by atoms with Gasteiger partial charge < -0.3 is 15.9 Å². The van der Waals surface area contributed by atoms with Crippen LogP contribution in [-0.2, 0) is 5.92 Å². The van der Waals surface area contributed by atoms with Crippen LogP contribution >= 0.6 is 12.4 Å². The summed E-state index contributed by atoms with van der Waals surface area (Å²) in [6.07, 6.45) is 0. The molecule has 0 fully saturated rings. The summed E-state index contributed by atoms with van der Waals surface area (Å²) in [5.41, 5.74) is 1.68. The second-order valence-corrected chi connectivity index (χ2v) is 4.50. The van der Waals surface area contributed by atoms with Crippen LogP contribution in [0.15, 0.2) is 18.2 Å². The lowest BCUT2D eigenvalue weighted by Crippen LogP contribution is -2.47. The second kappa shape index (κ2) is 6.09. The van der Waals surface area contributed by atoms with E-state index in [0.717, 1.165) is 13.0 Å². The highest BCUT2D eigenvalue weighted by Crippen LogP contribution is 2.40. The predicted octanol–water partition coefficient (Wildman–Crippen LogP) is 2.10. The van der Waals surface area contributed by atoms with E-state index in [0.29, 0.717) is 0 Å². The molecule has 0 aromatic heterocycles. The third kappa shape index (κ3) is 3.20. The van der Waals surface area contributed by atoms with Gasteiger partial charge in [0.15, 0.2) is 5.60 Å². The van der Waals surface area contributed by atoms with Crippen molar-refractivity contribution in [3.05, 3.63) is 35.1 Å². The van der Waals surface area contributed by atoms with Gasteiger partial charge in [-0.3, -0.25) is 0 Å². The first-order valence-corrected chi connectivity index (χ1v) is 5.40. The molecule has 1 aromatic carbocycles. The van der Waals surface area contributed by atoms with Gasteiger partial charge in [0.2, 0.25) is 0 Å². The standard InChI is InChI=1S/C12H16F3NO2.ClH/c1-7(16)8-4-3-5-9(10(8)13)12(14,15)11(2,18)6-17;/h3-5,7,17-18H,6,16H2,1-2H3;1H. The van der Waals surface area contributed by atoms with Crippen molar-refractivity contribution in [2.75, 3.05) is 6.61 Å². The van der Waals surface area contributed by atoms with E-state index >= 15 is 0 Å². The average molecular weight is 300 g/mol. The maximum absolute atomic E-state index is 13.9. The topological polar surface area (TPSA) is 66.5 Å². The highest BCUT2D eigenvalue weighted by atomic mass is 35.5. The summed E-state index contributed by atoms with van der Waals surface area (Å²) in [6.45, 7) is 1.01. The van der Waals surface area contributed by atoms with Gasteiger partial charge in [0.05, 0.1) is 12.2 Å². The van der Waals surface area contributed by atoms with Crippen molar-refractivity contribution in [3.8, 4) is 0 Å². The maximum Gasteiger partial charge on any atom is 0.306 e. The van der Waals surface area contributed by atoms with Crippen molar-refractivity contribution in [2.24, 2.45) is 5.73 Å². The number of hydrogen-bond donors (Lipinski definition) is 3. The maximum atomic E-state index is 13.9. The zero-order valence-corrected chi connectivity index (χ0v) is 11.3. The van der Waals surface area contributed by atoms with Crippen molar-refractivity contribution in [3.63, 3.8) is 0 Å². The van der Waals surface area contributed by atoms with Crippen molar-refractivity contribution in [2.45, 2.75) is 31.4 Å². The molecule has 4 N–H and O–H groups in total. The summed E-state index contributed by atoms with van der Waals surface area (Å²) in [6, 6.07) is 2.65. The smallest absolute Gasteiger partial charge is 0.306 e. The summed E-state index contributed by atoms with van der Waals surface area (Å²) in [5.74, 6) is -5.08. The number of nitrogens with two attached hydrogens (primary N) is 1. The number of alkyl halides is 2. The molecule has 1 rings (SSSR count). The molecule has 0 radical (unpaired) electrons. The number of benzene rings is 1. The Labute approximate surface area is 115 Å². The van der Waals surface area contributed by atoms with E-state index < -0.39 is 35.6 Å². The number of aliphatic hydroxyl groups excluding tert-OH is 1. The van der Waals surface area contributed by atoms with Gasteiger partial charge in [-0.2, -0.15) is 8.78 Å². The van der Waals surface area contributed by atoms with Crippen molar-refractivity contribution in [1.29, 1.82) is 0 Å². The van der Waals surface area contributed by atoms with E-state index in [9.17, 15) is 18.3 Å². The molecule has 7 heteroatoms. The fraction of sp³-hybridized carbons (Fsp3) is 0.500. The number of aliphatic hydroxyl groups is 2. The SMILES string of the molecule is CC(N)c1cccc(C(F)(F)C(C)(O)CO)c1F.Cl. The molecule has 0 aliphatic heterocycles. The van der Waals surface area contributed by atoms with Crippen LogP contribution in [0.2, 0.25) is 0 Å². The molecule has 0 bridgehead atoms. The van der Waals surface area contributed by atoms with Crippen LogP contribution in [0.5, 0.6) is 0 Å². The zero-order chi connectivity index (χ0) is 14.1. The van der Waals surface area contributed by atoms with Gasteiger partial charge in [0, 0.05) is 11.6 Å². The molecule has 0 aliphatic rings. The normalized spacial score (nSPS) is 16.4. The minimum Gasteiger partial charge on any atom is -0.393 e. The number of halogens is 4. The number of hydrogen-bond acceptors (Lipinski definition) is 3. The first-order valence-electron chi connectivity index (χ1n) is 5.40. The van der Waals surface area contributed by atoms with E-state index in [4.69, 9.17) is 10.8 Å². The van der Waals surface area contributed by atoms with Gasteiger partial charge >= 0.3 is 5.92 Å². The Morgan fingerprint density at radius 2 is 1.89 bits per heavy atom. The lowest BCUT2D eigenvalue weighted by atomic mass is 9.90. The van der Waals surface area contributed by atoms with E-state index in [1.807, 2.05) is 0 Å². The van der Waals surface area contributed by atoms with E-state index in [2.05, 4.69) is 0 Å². The van der Waals surface area contributed by atoms with Crippen LogP contribution in [0.4, 0.5) is 13.2 Å². The van der Waals surface area contributed by atoms with E-state index in [1.54, 1.807) is 0 Å². The van der Waals surface area contributed by atoms with E-state index in [1.165, 1.54) is 19.1 Å². The molecule has 19 heavy (non-hydrogen) atoms.